The minimum Gasteiger partial charge on any atom is -0.503 e. The van der Waals surface area contributed by atoms with Crippen molar-refractivity contribution in [2.45, 2.75) is 186 Å². The Morgan fingerprint density at radius 2 is 1.04 bits per heavy atom. The lowest BCUT2D eigenvalue weighted by Crippen LogP contribution is -2.67. The Kier molecular flexibility index (Phi) is 26.9. The maximum atomic E-state index is 15.9. The van der Waals surface area contributed by atoms with Crippen LogP contribution in [-0.4, -0.2) is 202 Å². The number of hydrogen-bond acceptors (Lipinski definition) is 20. The van der Waals surface area contributed by atoms with Gasteiger partial charge in [0.1, 0.15) is 84.4 Å². The van der Waals surface area contributed by atoms with E-state index in [1.807, 2.05) is 60.7 Å². The quantitative estimate of drug-likeness (QED) is 0.0616. The molecule has 121 heavy (non-hydrogen) atoms. The number of carboxylic acid groups (broad SMARTS) is 1. The third-order valence-corrected chi connectivity index (χ3v) is 22.3. The fraction of sp³-hybridized carbons (Fsp3) is 0.402. The maximum absolute atomic E-state index is 15.9. The van der Waals surface area contributed by atoms with E-state index in [1.54, 1.807) is 142 Å². The van der Waals surface area contributed by atoms with Crippen LogP contribution < -0.4 is 57.3 Å². The van der Waals surface area contributed by atoms with Crippen LogP contribution in [0.1, 0.15) is 120 Å². The summed E-state index contributed by atoms with van der Waals surface area (Å²) < 4.78 is 44.7. The fourth-order valence-corrected chi connectivity index (χ4v) is 15.1. The molecule has 0 unspecified atom stereocenters. The second-order valence-electron chi connectivity index (χ2n) is 33.1. The Morgan fingerprint density at radius 1 is 0.570 bits per heavy atom. The van der Waals surface area contributed by atoms with Gasteiger partial charge in [0.25, 0.3) is 5.91 Å². The predicted octanol–water partition coefficient (Wildman–Crippen LogP) is 4.82. The number of hydrogen-bond donors (Lipinski definition) is 12. The summed E-state index contributed by atoms with van der Waals surface area (Å²) >= 11 is 0. The van der Waals surface area contributed by atoms with E-state index < -0.39 is 166 Å². The molecular formula is C87H101F2N17O15. The summed E-state index contributed by atoms with van der Waals surface area (Å²) in [5.41, 5.74) is -2.75. The number of aromatic nitrogens is 6. The summed E-state index contributed by atoms with van der Waals surface area (Å²) in [7, 11) is 3.15. The van der Waals surface area contributed by atoms with Crippen molar-refractivity contribution >= 4 is 80.7 Å². The van der Waals surface area contributed by atoms with Crippen molar-refractivity contribution in [3.63, 3.8) is 0 Å². The van der Waals surface area contributed by atoms with Gasteiger partial charge in [0, 0.05) is 45.3 Å². The molecule has 2 fully saturated rings. The highest BCUT2D eigenvalue weighted by atomic mass is 19.1. The van der Waals surface area contributed by atoms with E-state index in [4.69, 9.17) is 9.47 Å². The molecule has 8 bridgehead atoms. The van der Waals surface area contributed by atoms with E-state index >= 15 is 28.8 Å². The summed E-state index contributed by atoms with van der Waals surface area (Å²) in [5, 5.41) is 80.5. The average Bonchev–Trinajstić information content (AvgIpc) is 1.58. The zero-order valence-electron chi connectivity index (χ0n) is 68.7. The predicted molar refractivity (Wildman–Crippen MR) is 439 cm³/mol. The normalized spacial score (nSPS) is 21.3. The first kappa shape index (κ1) is 87.5. The summed E-state index contributed by atoms with van der Waals surface area (Å²) in [6, 6.07) is 25.6. The van der Waals surface area contributed by atoms with Gasteiger partial charge in [-0.3, -0.25) is 43.2 Å². The molecule has 9 aromatic rings. The van der Waals surface area contributed by atoms with Crippen molar-refractivity contribution in [2.24, 2.45) is 10.8 Å². The molecule has 0 radical (unpaired) electrons. The molecule has 0 saturated carbocycles. The molecule has 7 aromatic carbocycles. The lowest BCUT2D eigenvalue weighted by Gasteiger charge is -2.41. The highest BCUT2D eigenvalue weighted by Crippen LogP contribution is 2.40. The number of carboxylic acids is 1. The minimum absolute atomic E-state index is 0.0444. The summed E-state index contributed by atoms with van der Waals surface area (Å²) in [6.45, 7) is 12.2. The van der Waals surface area contributed by atoms with E-state index in [0.717, 1.165) is 38.6 Å². The second-order valence-corrected chi connectivity index (χ2v) is 33.1. The highest BCUT2D eigenvalue weighted by Gasteiger charge is 2.60. The molecule has 0 spiro atoms. The lowest BCUT2D eigenvalue weighted by molar-refractivity contribution is -0.177. The van der Waals surface area contributed by atoms with Crippen LogP contribution in [-0.2, 0) is 93.4 Å². The van der Waals surface area contributed by atoms with Crippen LogP contribution in [0.2, 0.25) is 0 Å². The zero-order chi connectivity index (χ0) is 86.9. The number of aromatic hydroxyl groups is 1. The summed E-state index contributed by atoms with van der Waals surface area (Å²) in [5.74, 6) is -12.2. The number of fused-ring (bicyclic) bond motifs is 2. The maximum Gasteiger partial charge on any atom is 0.326 e. The van der Waals surface area contributed by atoms with E-state index in [-0.39, 0.29) is 93.3 Å². The lowest BCUT2D eigenvalue weighted by atomic mass is 9.85. The average molecular weight is 1660 g/mol. The number of likely N-dealkylation sites (N-methyl/N-ethyl adjacent to an activating group) is 2. The van der Waals surface area contributed by atoms with Crippen molar-refractivity contribution in [2.75, 3.05) is 27.2 Å². The largest absolute Gasteiger partial charge is 0.503 e. The Morgan fingerprint density at radius 3 is 1.55 bits per heavy atom. The molecule has 6 aliphatic heterocycles. The van der Waals surface area contributed by atoms with Crippen LogP contribution in [0, 0.1) is 22.5 Å². The molecule has 15 rings (SSSR count). The van der Waals surface area contributed by atoms with E-state index in [1.165, 1.54) is 26.7 Å². The molecule has 2 aromatic heterocycles. The molecule has 638 valence electrons. The van der Waals surface area contributed by atoms with E-state index in [2.05, 4.69) is 68.5 Å². The number of nitrogens with zero attached hydrogens (tertiary/aromatic N) is 8. The van der Waals surface area contributed by atoms with Gasteiger partial charge < -0.3 is 82.4 Å². The second kappa shape index (κ2) is 37.2. The molecule has 2 saturated heterocycles. The number of ether oxygens (including phenoxy) is 2. The highest BCUT2D eigenvalue weighted by molar-refractivity contribution is 6.00. The Hall–Kier alpha value is -12.8. The number of phenolic OH excluding ortho intramolecular Hbond substituents is 1. The number of aliphatic hydroxyl groups is 1. The van der Waals surface area contributed by atoms with Gasteiger partial charge in [-0.15, -0.1) is 10.2 Å². The van der Waals surface area contributed by atoms with Crippen LogP contribution >= 0.6 is 0 Å². The Bertz CT molecular complexity index is 5320. The van der Waals surface area contributed by atoms with Crippen LogP contribution in [0.3, 0.4) is 0 Å². The van der Waals surface area contributed by atoms with Crippen LogP contribution in [0.4, 0.5) is 8.78 Å². The molecular weight excluding hydrogens is 1560 g/mol. The number of nitrogens with one attached hydrogen (secondary N) is 9. The summed E-state index contributed by atoms with van der Waals surface area (Å²) in [6.07, 6.45) is 1.83. The first-order valence-corrected chi connectivity index (χ1v) is 40.0. The molecule has 34 heteroatoms. The number of carbonyl (C=O) groups is 10. The van der Waals surface area contributed by atoms with Crippen molar-refractivity contribution in [1.82, 2.24) is 87.6 Å². The topological polar surface area (TPSA) is 426 Å². The number of aliphatic carboxylic acids is 1. The van der Waals surface area contributed by atoms with Gasteiger partial charge >= 0.3 is 5.97 Å². The molecule has 9 amide bonds. The van der Waals surface area contributed by atoms with E-state index in [0.29, 0.717) is 22.3 Å². The number of amides is 9. The summed E-state index contributed by atoms with van der Waals surface area (Å²) in [4.78, 5) is 151. The molecule has 12 N–H and O–H groups in total. The Balaban J connectivity index is 0.924. The van der Waals surface area contributed by atoms with Crippen molar-refractivity contribution < 1.29 is 81.5 Å². The third-order valence-electron chi connectivity index (χ3n) is 22.3. The third kappa shape index (κ3) is 20.6. The number of phenols is 1. The zero-order valence-corrected chi connectivity index (χ0v) is 68.7. The van der Waals surface area contributed by atoms with Crippen LogP contribution in [0.25, 0.3) is 21.5 Å². The smallest absolute Gasteiger partial charge is 0.326 e. The molecule has 0 aliphatic carbocycles. The minimum atomic E-state index is -2.96. The van der Waals surface area contributed by atoms with Gasteiger partial charge in [0.15, 0.2) is 17.4 Å². The van der Waals surface area contributed by atoms with E-state index in [9.17, 15) is 43.3 Å². The van der Waals surface area contributed by atoms with Gasteiger partial charge in [0.05, 0.1) is 30.5 Å². The molecule has 32 nitrogen and oxygen atoms in total. The monoisotopic (exact) mass is 1660 g/mol. The fourth-order valence-electron chi connectivity index (χ4n) is 15.1. The van der Waals surface area contributed by atoms with Crippen LogP contribution in [0.5, 0.6) is 17.2 Å². The van der Waals surface area contributed by atoms with Gasteiger partial charge in [-0.1, -0.05) is 161 Å². The standard InChI is InChI=1S/C87H101F2N17O15/c1-48(90-9)75(108)97-73(85(3,4)5)81(114)103-33-31-69-71(103)80(113)94-66(41-52-19-25-55-15-11-13-17-57(55)35-52)78(111)95-68(83(116)117)40-51-23-29-62(30-24-51)121-47-60-45-106(102-100-60)70-32-34-104(82(115)74(86(6,7)8)98-76(109)49(2)91-10)87(70,119)84(118)96-67(42-53-20-26-56-16-12-14-18-58(56)36-53)79(112)93-65(77(110)92-43-54-37-63(88)72(107)64(89)38-54)39-50-21-27-61(28-22-50)120-46-59-44-105(69)101-99-59/h11-30,35-38,44-45,48-49,65-71,73-74,90-91,107,119H,31-34,39-43,46-47H2,1-10H3,(H,92,110)(H,93,112)(H,94,113)(H,95,111)(H,96,118)(H,97,108)(H,98,109)(H,116,117)/t48-,49-,65-,66-,67-,68-,69-,70+,71-,73+,74+,87+/m0/s1. The van der Waals surface area contributed by atoms with Crippen molar-refractivity contribution in [3.8, 4) is 17.2 Å². The number of halogens is 2. The van der Waals surface area contributed by atoms with Gasteiger partial charge in [-0.25, -0.2) is 22.9 Å². The van der Waals surface area contributed by atoms with Crippen LogP contribution in [0.15, 0.2) is 158 Å². The van der Waals surface area contributed by atoms with Gasteiger partial charge in [-0.05, 0) is 137 Å². The number of rotatable bonds is 16. The Labute approximate surface area is 696 Å². The number of likely N-dealkylation sites (tertiary alicyclic amines) is 2. The number of carbonyl (C=O) groups excluding carboxylic acids is 9. The van der Waals surface area contributed by atoms with Gasteiger partial charge in [-0.2, -0.15) is 0 Å². The molecule has 12 atom stereocenters. The number of benzene rings is 7. The molecule has 6 aliphatic rings. The van der Waals surface area contributed by atoms with Gasteiger partial charge in [0.2, 0.25) is 53.0 Å². The van der Waals surface area contributed by atoms with Crippen molar-refractivity contribution in [3.05, 3.63) is 209 Å². The van der Waals surface area contributed by atoms with Crippen molar-refractivity contribution in [1.29, 1.82) is 0 Å². The first-order valence-electron chi connectivity index (χ1n) is 40.0. The molecule has 8 heterocycles. The SMILES string of the molecule is CN[C@@H](C)C(=O)N[C@H](C(=O)N1CC[C@H]2[C@H]1C(=O)N[C@@H](Cc1ccc3ccccc3c1)C(=O)N[C@H](C(=O)O)Cc1ccc(cc1)OCc1cn(nn1)[C@@H]1CCN(C(=O)[C@@H](NC(=O)[C@H](C)NC)C(C)(C)C)[C@]1(O)C(=O)N[C@@H](Cc1ccc3ccccc3c1)C(=O)N[C@H](C(=O)NCc1cc(F)c(O)c(F)c1)Cc1ccc(cc1)OCc1cn2nn1)C(C)(C)C. The first-order chi connectivity index (χ1) is 57.6.